The van der Waals surface area contributed by atoms with Crippen molar-refractivity contribution in [2.75, 3.05) is 11.1 Å². The van der Waals surface area contributed by atoms with E-state index < -0.39 is 4.92 Å². The predicted octanol–water partition coefficient (Wildman–Crippen LogP) is 3.14. The van der Waals surface area contributed by atoms with Crippen molar-refractivity contribution in [3.8, 4) is 17.1 Å². The molecule has 1 heterocycles. The van der Waals surface area contributed by atoms with E-state index >= 15 is 0 Å². The van der Waals surface area contributed by atoms with Gasteiger partial charge in [0.2, 0.25) is 5.91 Å². The molecule has 0 saturated carbocycles. The minimum Gasteiger partial charge on any atom is -0.508 e. The van der Waals surface area contributed by atoms with E-state index in [1.165, 1.54) is 17.8 Å². The summed E-state index contributed by atoms with van der Waals surface area (Å²) in [6.07, 6.45) is 0. The number of aryl methyl sites for hydroxylation is 1. The van der Waals surface area contributed by atoms with Crippen molar-refractivity contribution in [2.45, 2.75) is 12.1 Å². The number of phenolic OH excluding ortho intramolecular Hbond substituents is 1. The molecule has 2 aromatic carbocycles. The Labute approximate surface area is 164 Å². The Bertz CT molecular complexity index is 1030. The zero-order valence-electron chi connectivity index (χ0n) is 15.1. The molecule has 0 aliphatic heterocycles. The maximum Gasteiger partial charge on any atom is 0.274 e. The zero-order chi connectivity index (χ0) is 20.3. The number of nitrogens with one attached hydrogen (secondary N) is 1. The highest BCUT2D eigenvalue weighted by atomic mass is 32.2. The number of anilines is 1. The van der Waals surface area contributed by atoms with Gasteiger partial charge in [-0.05, 0) is 37.3 Å². The van der Waals surface area contributed by atoms with E-state index in [0.717, 1.165) is 5.56 Å². The van der Waals surface area contributed by atoms with Crippen molar-refractivity contribution in [1.29, 1.82) is 0 Å². The lowest BCUT2D eigenvalue weighted by molar-refractivity contribution is -0.385. The fourth-order valence-electron chi connectivity index (χ4n) is 2.51. The van der Waals surface area contributed by atoms with Crippen molar-refractivity contribution in [3.05, 3.63) is 58.1 Å². The summed E-state index contributed by atoms with van der Waals surface area (Å²) >= 11 is 1.20. The summed E-state index contributed by atoms with van der Waals surface area (Å²) in [4.78, 5) is 22.7. The maximum absolute atomic E-state index is 12.2. The Hall–Kier alpha value is -3.40. The van der Waals surface area contributed by atoms with E-state index in [9.17, 15) is 20.0 Å². The normalized spacial score (nSPS) is 10.6. The van der Waals surface area contributed by atoms with E-state index in [1.54, 1.807) is 54.9 Å². The van der Waals surface area contributed by atoms with Crippen molar-refractivity contribution >= 4 is 29.0 Å². The van der Waals surface area contributed by atoms with Gasteiger partial charge in [-0.1, -0.05) is 17.8 Å². The number of amides is 1. The van der Waals surface area contributed by atoms with Crippen LogP contribution in [0, 0.1) is 17.0 Å². The number of benzene rings is 2. The third-order valence-electron chi connectivity index (χ3n) is 3.98. The van der Waals surface area contributed by atoms with Crippen LogP contribution in [0.5, 0.6) is 5.75 Å². The van der Waals surface area contributed by atoms with Gasteiger partial charge in [0.05, 0.1) is 10.7 Å². The number of phenols is 1. The molecule has 0 bridgehead atoms. The van der Waals surface area contributed by atoms with Crippen LogP contribution < -0.4 is 5.32 Å². The van der Waals surface area contributed by atoms with Gasteiger partial charge in [-0.25, -0.2) is 0 Å². The largest absolute Gasteiger partial charge is 0.508 e. The van der Waals surface area contributed by atoms with Gasteiger partial charge in [0.1, 0.15) is 5.75 Å². The molecule has 0 aliphatic rings. The number of thioether (sulfide) groups is 1. The van der Waals surface area contributed by atoms with Crippen molar-refractivity contribution in [2.24, 2.45) is 7.05 Å². The first-order chi connectivity index (χ1) is 13.3. The number of aromatic nitrogens is 3. The fraction of sp³-hybridized carbons (Fsp3) is 0.167. The third-order valence-corrected chi connectivity index (χ3v) is 5.00. The minimum absolute atomic E-state index is 0.0442. The maximum atomic E-state index is 12.2. The van der Waals surface area contributed by atoms with Crippen LogP contribution in [-0.2, 0) is 11.8 Å². The SMILES string of the molecule is Cc1ccc(NC(=O)CSc2nnc(-c3ccc(O)cc3)n2C)cc1[N+](=O)[O-]. The molecule has 10 heteroatoms. The van der Waals surface area contributed by atoms with Crippen LogP contribution in [0.25, 0.3) is 11.4 Å². The Morgan fingerprint density at radius 2 is 1.96 bits per heavy atom. The lowest BCUT2D eigenvalue weighted by atomic mass is 10.2. The molecule has 3 rings (SSSR count). The Kier molecular flexibility index (Phi) is 5.59. The highest BCUT2D eigenvalue weighted by molar-refractivity contribution is 7.99. The number of hydrogen-bond acceptors (Lipinski definition) is 7. The number of nitro groups is 1. The van der Waals surface area contributed by atoms with Crippen LogP contribution in [0.2, 0.25) is 0 Å². The van der Waals surface area contributed by atoms with Crippen molar-refractivity contribution in [3.63, 3.8) is 0 Å². The van der Waals surface area contributed by atoms with Gasteiger partial charge >= 0.3 is 0 Å². The van der Waals surface area contributed by atoms with E-state index in [1.807, 2.05) is 0 Å². The second kappa shape index (κ2) is 8.09. The fourth-order valence-corrected chi connectivity index (χ4v) is 3.22. The number of carbonyl (C=O) groups excluding carboxylic acids is 1. The molecule has 0 spiro atoms. The monoisotopic (exact) mass is 399 g/mol. The topological polar surface area (TPSA) is 123 Å². The molecule has 144 valence electrons. The van der Waals surface area contributed by atoms with E-state index in [4.69, 9.17) is 0 Å². The van der Waals surface area contributed by atoms with Crippen LogP contribution in [0.3, 0.4) is 0 Å². The average molecular weight is 399 g/mol. The van der Waals surface area contributed by atoms with Gasteiger partial charge < -0.3 is 15.0 Å². The van der Waals surface area contributed by atoms with Crippen LogP contribution in [0.15, 0.2) is 47.6 Å². The highest BCUT2D eigenvalue weighted by Gasteiger charge is 2.15. The Morgan fingerprint density at radius 1 is 1.25 bits per heavy atom. The Morgan fingerprint density at radius 3 is 2.64 bits per heavy atom. The summed E-state index contributed by atoms with van der Waals surface area (Å²) in [5.41, 5.74) is 1.64. The quantitative estimate of drug-likeness (QED) is 0.371. The smallest absolute Gasteiger partial charge is 0.274 e. The van der Waals surface area contributed by atoms with Crippen molar-refractivity contribution < 1.29 is 14.8 Å². The van der Waals surface area contributed by atoms with Gasteiger partial charge in [0, 0.05) is 29.9 Å². The average Bonchev–Trinajstić information content (AvgIpc) is 3.02. The predicted molar refractivity (Wildman–Crippen MR) is 105 cm³/mol. The molecule has 3 aromatic rings. The van der Waals surface area contributed by atoms with E-state index in [2.05, 4.69) is 15.5 Å². The van der Waals surface area contributed by atoms with Crippen LogP contribution in [0.1, 0.15) is 5.56 Å². The number of aromatic hydroxyl groups is 1. The van der Waals surface area contributed by atoms with Gasteiger partial charge in [-0.3, -0.25) is 14.9 Å². The van der Waals surface area contributed by atoms with Gasteiger partial charge in [-0.15, -0.1) is 10.2 Å². The molecule has 0 atom stereocenters. The first kappa shape index (κ1) is 19.4. The molecule has 0 aliphatic carbocycles. The molecule has 0 fully saturated rings. The molecular formula is C18H17N5O4S. The summed E-state index contributed by atoms with van der Waals surface area (Å²) in [5.74, 6) is 0.534. The molecule has 2 N–H and O–H groups in total. The number of hydrogen-bond donors (Lipinski definition) is 2. The van der Waals surface area contributed by atoms with Gasteiger partial charge in [0.15, 0.2) is 11.0 Å². The molecule has 1 aromatic heterocycles. The number of nitrogens with zero attached hydrogens (tertiary/aromatic N) is 4. The van der Waals surface area contributed by atoms with E-state index in [0.29, 0.717) is 22.2 Å². The summed E-state index contributed by atoms with van der Waals surface area (Å²) in [6, 6.07) is 11.1. The molecule has 0 radical (unpaired) electrons. The third kappa shape index (κ3) is 4.29. The van der Waals surface area contributed by atoms with Gasteiger partial charge in [-0.2, -0.15) is 0 Å². The lowest BCUT2D eigenvalue weighted by Crippen LogP contribution is -2.14. The van der Waals surface area contributed by atoms with Crippen molar-refractivity contribution in [1.82, 2.24) is 14.8 Å². The van der Waals surface area contributed by atoms with Crippen LogP contribution in [0.4, 0.5) is 11.4 Å². The highest BCUT2D eigenvalue weighted by Crippen LogP contribution is 2.25. The first-order valence-electron chi connectivity index (χ1n) is 8.21. The molecular weight excluding hydrogens is 382 g/mol. The summed E-state index contributed by atoms with van der Waals surface area (Å²) in [7, 11) is 1.78. The molecule has 28 heavy (non-hydrogen) atoms. The van der Waals surface area contributed by atoms with Crippen LogP contribution in [-0.4, -0.2) is 36.5 Å². The summed E-state index contributed by atoms with van der Waals surface area (Å²) < 4.78 is 1.75. The summed E-state index contributed by atoms with van der Waals surface area (Å²) in [6.45, 7) is 1.64. The molecule has 0 unspecified atom stereocenters. The number of carbonyl (C=O) groups is 1. The molecule has 9 nitrogen and oxygen atoms in total. The van der Waals surface area contributed by atoms with E-state index in [-0.39, 0.29) is 23.1 Å². The summed E-state index contributed by atoms with van der Waals surface area (Å²) in [5, 5.41) is 31.8. The minimum atomic E-state index is -0.482. The molecule has 1 amide bonds. The number of nitro benzene ring substituents is 1. The Balaban J connectivity index is 1.65. The second-order valence-corrected chi connectivity index (χ2v) is 6.95. The zero-order valence-corrected chi connectivity index (χ0v) is 15.9. The second-order valence-electron chi connectivity index (χ2n) is 6.01. The standard InChI is InChI=1S/C18H17N5O4S/c1-11-3-6-13(9-15(11)23(26)27)19-16(25)10-28-18-21-20-17(22(18)2)12-4-7-14(24)8-5-12/h3-9,24H,10H2,1-2H3,(H,19,25). The van der Waals surface area contributed by atoms with Crippen LogP contribution >= 0.6 is 11.8 Å². The molecule has 0 saturated heterocycles. The first-order valence-corrected chi connectivity index (χ1v) is 9.20. The number of rotatable bonds is 6. The van der Waals surface area contributed by atoms with Gasteiger partial charge in [0.25, 0.3) is 5.69 Å². The lowest BCUT2D eigenvalue weighted by Gasteiger charge is -2.06.